The number of carbonyl (C=O) groups is 2. The van der Waals surface area contributed by atoms with Gasteiger partial charge in [0.25, 0.3) is 5.91 Å². The summed E-state index contributed by atoms with van der Waals surface area (Å²) in [6, 6.07) is 15.3. The molecule has 28 heavy (non-hydrogen) atoms. The molecule has 2 aromatic rings. The fraction of sp³-hybridized carbons (Fsp3) is 0.364. The van der Waals surface area contributed by atoms with E-state index in [1.54, 1.807) is 6.07 Å². The molecule has 1 heterocycles. The quantitative estimate of drug-likeness (QED) is 0.803. The molecule has 0 spiro atoms. The standard InChI is InChI=1S/C22H27N3O3/c1-24(2)20-8-4-6-18(14-20)21(26)23-19-7-3-5-16(13-19)15-25-11-9-17(10-12-25)22(27)28/h3-8,13-14,17H,9-12,15H2,1-2H3,(H,23,26)(H,27,28). The fourth-order valence-electron chi connectivity index (χ4n) is 3.47. The molecule has 0 unspecified atom stereocenters. The van der Waals surface area contributed by atoms with Crippen molar-refractivity contribution in [3.8, 4) is 0 Å². The van der Waals surface area contributed by atoms with Crippen molar-refractivity contribution in [2.24, 2.45) is 5.92 Å². The van der Waals surface area contributed by atoms with Gasteiger partial charge in [-0.1, -0.05) is 18.2 Å². The molecule has 1 aliphatic rings. The van der Waals surface area contributed by atoms with Crippen LogP contribution in [-0.2, 0) is 11.3 Å². The van der Waals surface area contributed by atoms with Crippen LogP contribution in [0.25, 0.3) is 0 Å². The van der Waals surface area contributed by atoms with Gasteiger partial charge in [-0.15, -0.1) is 0 Å². The van der Waals surface area contributed by atoms with Crippen molar-refractivity contribution in [2.75, 3.05) is 37.4 Å². The highest BCUT2D eigenvalue weighted by Gasteiger charge is 2.24. The first-order valence-corrected chi connectivity index (χ1v) is 9.55. The van der Waals surface area contributed by atoms with Gasteiger partial charge in [0.2, 0.25) is 0 Å². The van der Waals surface area contributed by atoms with E-state index in [0.717, 1.165) is 36.6 Å². The minimum absolute atomic E-state index is 0.136. The van der Waals surface area contributed by atoms with Crippen molar-refractivity contribution in [1.82, 2.24) is 4.90 Å². The third-order valence-corrected chi connectivity index (χ3v) is 5.15. The number of aliphatic carboxylic acids is 1. The Bertz CT molecular complexity index is 842. The molecular formula is C22H27N3O3. The normalized spacial score (nSPS) is 15.2. The summed E-state index contributed by atoms with van der Waals surface area (Å²) in [4.78, 5) is 27.9. The van der Waals surface area contributed by atoms with E-state index < -0.39 is 5.97 Å². The molecule has 1 saturated heterocycles. The first-order valence-electron chi connectivity index (χ1n) is 9.55. The van der Waals surface area contributed by atoms with Crippen molar-refractivity contribution in [3.05, 3.63) is 59.7 Å². The van der Waals surface area contributed by atoms with Crippen LogP contribution >= 0.6 is 0 Å². The first kappa shape index (κ1) is 19.9. The number of carbonyl (C=O) groups excluding carboxylic acids is 1. The molecule has 2 aromatic carbocycles. The van der Waals surface area contributed by atoms with Crippen LogP contribution in [0.15, 0.2) is 48.5 Å². The Kier molecular flexibility index (Phi) is 6.31. The zero-order valence-electron chi connectivity index (χ0n) is 16.4. The van der Waals surface area contributed by atoms with E-state index in [1.165, 1.54) is 0 Å². The van der Waals surface area contributed by atoms with Crippen LogP contribution in [0.4, 0.5) is 11.4 Å². The zero-order chi connectivity index (χ0) is 20.1. The monoisotopic (exact) mass is 381 g/mol. The van der Waals surface area contributed by atoms with Gasteiger partial charge < -0.3 is 15.3 Å². The molecule has 0 aliphatic carbocycles. The van der Waals surface area contributed by atoms with Crippen LogP contribution in [-0.4, -0.2) is 49.1 Å². The van der Waals surface area contributed by atoms with E-state index in [1.807, 2.05) is 61.5 Å². The van der Waals surface area contributed by atoms with Gasteiger partial charge in [0.15, 0.2) is 0 Å². The zero-order valence-corrected chi connectivity index (χ0v) is 16.4. The lowest BCUT2D eigenvalue weighted by atomic mass is 9.97. The SMILES string of the molecule is CN(C)c1cccc(C(=O)Nc2cccc(CN3CCC(C(=O)O)CC3)c2)c1. The van der Waals surface area contributed by atoms with Gasteiger partial charge in [-0.05, 0) is 61.8 Å². The topological polar surface area (TPSA) is 72.9 Å². The smallest absolute Gasteiger partial charge is 0.306 e. The molecular weight excluding hydrogens is 354 g/mol. The second kappa shape index (κ2) is 8.89. The van der Waals surface area contributed by atoms with Crippen LogP contribution in [0.3, 0.4) is 0 Å². The number of rotatable bonds is 6. The fourth-order valence-corrected chi connectivity index (χ4v) is 3.47. The maximum absolute atomic E-state index is 12.6. The lowest BCUT2D eigenvalue weighted by Gasteiger charge is -2.30. The van der Waals surface area contributed by atoms with Crippen molar-refractivity contribution in [2.45, 2.75) is 19.4 Å². The number of nitrogens with one attached hydrogen (secondary N) is 1. The van der Waals surface area contributed by atoms with Gasteiger partial charge in [-0.25, -0.2) is 0 Å². The minimum atomic E-state index is -0.692. The molecule has 1 amide bonds. The van der Waals surface area contributed by atoms with Gasteiger partial charge in [-0.2, -0.15) is 0 Å². The summed E-state index contributed by atoms with van der Waals surface area (Å²) in [5.41, 5.74) is 3.46. The molecule has 0 radical (unpaired) electrons. The van der Waals surface area contributed by atoms with E-state index in [2.05, 4.69) is 10.2 Å². The molecule has 3 rings (SSSR count). The number of carboxylic acid groups (broad SMARTS) is 1. The molecule has 0 aromatic heterocycles. The van der Waals surface area contributed by atoms with Crippen molar-refractivity contribution >= 4 is 23.3 Å². The summed E-state index contributed by atoms with van der Waals surface area (Å²) in [5.74, 6) is -1.05. The molecule has 6 nitrogen and oxygen atoms in total. The maximum Gasteiger partial charge on any atom is 0.306 e. The maximum atomic E-state index is 12.6. The predicted octanol–water partition coefficient (Wildman–Crippen LogP) is 3.30. The molecule has 0 atom stereocenters. The lowest BCUT2D eigenvalue weighted by Crippen LogP contribution is -2.35. The third-order valence-electron chi connectivity index (χ3n) is 5.15. The molecule has 1 fully saturated rings. The van der Waals surface area contributed by atoms with Gasteiger partial charge in [0.1, 0.15) is 0 Å². The Hall–Kier alpha value is -2.86. The Morgan fingerprint density at radius 1 is 1.11 bits per heavy atom. The average Bonchev–Trinajstić information content (AvgIpc) is 2.68. The number of amides is 1. The molecule has 0 bridgehead atoms. The molecule has 148 valence electrons. The number of benzene rings is 2. The first-order chi connectivity index (χ1) is 13.4. The Balaban J connectivity index is 1.61. The van der Waals surface area contributed by atoms with E-state index in [-0.39, 0.29) is 11.8 Å². The number of hydrogen-bond acceptors (Lipinski definition) is 4. The average molecular weight is 381 g/mol. The summed E-state index contributed by atoms with van der Waals surface area (Å²) < 4.78 is 0. The van der Waals surface area contributed by atoms with Gasteiger partial charge >= 0.3 is 5.97 Å². The molecule has 2 N–H and O–H groups in total. The molecule has 1 aliphatic heterocycles. The number of piperidine rings is 1. The highest BCUT2D eigenvalue weighted by atomic mass is 16.4. The minimum Gasteiger partial charge on any atom is -0.481 e. The Morgan fingerprint density at radius 2 is 1.82 bits per heavy atom. The number of carboxylic acids is 1. The number of hydrogen-bond donors (Lipinski definition) is 2. The highest BCUT2D eigenvalue weighted by Crippen LogP contribution is 2.21. The largest absolute Gasteiger partial charge is 0.481 e. The van der Waals surface area contributed by atoms with E-state index in [9.17, 15) is 9.59 Å². The van der Waals surface area contributed by atoms with E-state index in [0.29, 0.717) is 18.4 Å². The van der Waals surface area contributed by atoms with Crippen LogP contribution in [0, 0.1) is 5.92 Å². The van der Waals surface area contributed by atoms with E-state index in [4.69, 9.17) is 5.11 Å². The van der Waals surface area contributed by atoms with Gasteiger partial charge in [-0.3, -0.25) is 14.5 Å². The van der Waals surface area contributed by atoms with Crippen LogP contribution in [0.2, 0.25) is 0 Å². The Labute approximate surface area is 165 Å². The molecule has 0 saturated carbocycles. The number of anilines is 2. The summed E-state index contributed by atoms with van der Waals surface area (Å²) in [6.45, 7) is 2.32. The van der Waals surface area contributed by atoms with Gasteiger partial charge in [0.05, 0.1) is 5.92 Å². The predicted molar refractivity (Wildman–Crippen MR) is 111 cm³/mol. The second-order valence-electron chi connectivity index (χ2n) is 7.49. The van der Waals surface area contributed by atoms with Crippen molar-refractivity contribution in [3.63, 3.8) is 0 Å². The van der Waals surface area contributed by atoms with Gasteiger partial charge in [0, 0.05) is 37.6 Å². The van der Waals surface area contributed by atoms with Crippen LogP contribution in [0.5, 0.6) is 0 Å². The number of likely N-dealkylation sites (tertiary alicyclic amines) is 1. The summed E-state index contributed by atoms with van der Waals surface area (Å²) in [5, 5.41) is 12.1. The summed E-state index contributed by atoms with van der Waals surface area (Å²) >= 11 is 0. The second-order valence-corrected chi connectivity index (χ2v) is 7.49. The van der Waals surface area contributed by atoms with Crippen LogP contribution in [0.1, 0.15) is 28.8 Å². The highest BCUT2D eigenvalue weighted by molar-refractivity contribution is 6.04. The molecule has 6 heteroatoms. The van der Waals surface area contributed by atoms with E-state index >= 15 is 0 Å². The summed E-state index contributed by atoms with van der Waals surface area (Å²) in [6.07, 6.45) is 1.38. The third kappa shape index (κ3) is 5.10. The number of nitrogens with zero attached hydrogens (tertiary/aromatic N) is 2. The van der Waals surface area contributed by atoms with Crippen molar-refractivity contribution in [1.29, 1.82) is 0 Å². The summed E-state index contributed by atoms with van der Waals surface area (Å²) in [7, 11) is 3.89. The van der Waals surface area contributed by atoms with Crippen LogP contribution < -0.4 is 10.2 Å². The van der Waals surface area contributed by atoms with Crippen molar-refractivity contribution < 1.29 is 14.7 Å². The lowest BCUT2D eigenvalue weighted by molar-refractivity contribution is -0.143. The Morgan fingerprint density at radius 3 is 2.50 bits per heavy atom.